The molecule has 3 fully saturated rings. The van der Waals surface area contributed by atoms with Gasteiger partial charge < -0.3 is 15.0 Å². The molecule has 0 spiro atoms. The number of benzene rings is 1. The molecule has 29 heavy (non-hydrogen) atoms. The van der Waals surface area contributed by atoms with E-state index < -0.39 is 17.7 Å². The van der Waals surface area contributed by atoms with Gasteiger partial charge in [-0.2, -0.15) is 5.10 Å². The predicted molar refractivity (Wildman–Crippen MR) is 106 cm³/mol. The summed E-state index contributed by atoms with van der Waals surface area (Å²) >= 11 is 0. The minimum absolute atomic E-state index is 0.280. The minimum Gasteiger partial charge on any atom is -0.371 e. The van der Waals surface area contributed by atoms with Crippen LogP contribution in [0.15, 0.2) is 30.5 Å². The number of piperidine rings is 1. The van der Waals surface area contributed by atoms with Crippen molar-refractivity contribution >= 4 is 22.4 Å². The molecule has 8 heteroatoms. The maximum absolute atomic E-state index is 14.2. The van der Waals surface area contributed by atoms with Gasteiger partial charge in [-0.3, -0.25) is 0 Å². The third-order valence-corrected chi connectivity index (χ3v) is 5.70. The summed E-state index contributed by atoms with van der Waals surface area (Å²) in [6.45, 7) is 5.34. The lowest BCUT2D eigenvalue weighted by Gasteiger charge is -2.47. The van der Waals surface area contributed by atoms with Gasteiger partial charge in [0.2, 0.25) is 0 Å². The monoisotopic (exact) mass is 397 g/mol. The molecule has 1 aromatic carbocycles. The fourth-order valence-electron chi connectivity index (χ4n) is 4.12. The van der Waals surface area contributed by atoms with E-state index in [-0.39, 0.29) is 12.2 Å². The van der Waals surface area contributed by atoms with Crippen molar-refractivity contribution in [2.45, 2.75) is 38.5 Å². The molecule has 2 aromatic heterocycles. The van der Waals surface area contributed by atoms with Crippen LogP contribution in [0.2, 0.25) is 0 Å². The summed E-state index contributed by atoms with van der Waals surface area (Å²) in [7, 11) is 0. The Labute approximate surface area is 166 Å². The fraction of sp³-hybridized carbons (Fsp3) is 0.381. The molecule has 5 heterocycles. The van der Waals surface area contributed by atoms with E-state index in [0.29, 0.717) is 11.4 Å². The zero-order valence-corrected chi connectivity index (χ0v) is 16.2. The highest BCUT2D eigenvalue weighted by molar-refractivity contribution is 5.94. The number of ether oxygens (including phenoxy) is 1. The number of pyridine rings is 1. The highest BCUT2D eigenvalue weighted by Crippen LogP contribution is 2.33. The van der Waals surface area contributed by atoms with Gasteiger partial charge in [0, 0.05) is 48.1 Å². The molecular weight excluding hydrogens is 376 g/mol. The smallest absolute Gasteiger partial charge is 0.157 e. The summed E-state index contributed by atoms with van der Waals surface area (Å²) in [5, 5.41) is 13.5. The summed E-state index contributed by atoms with van der Waals surface area (Å²) in [6.07, 6.45) is 3.48. The molecule has 2 unspecified atom stereocenters. The van der Waals surface area contributed by atoms with Gasteiger partial charge in [0.25, 0.3) is 0 Å². The molecular formula is C21H21F2N5O. The summed E-state index contributed by atoms with van der Waals surface area (Å²) < 4.78 is 33.1. The lowest BCUT2D eigenvalue weighted by molar-refractivity contribution is -0.133. The molecule has 3 aromatic rings. The molecule has 6 nitrogen and oxygen atoms in total. The van der Waals surface area contributed by atoms with Gasteiger partial charge in [0.05, 0.1) is 23.9 Å². The Bertz CT molecular complexity index is 1080. The summed E-state index contributed by atoms with van der Waals surface area (Å²) in [4.78, 5) is 6.85. The maximum atomic E-state index is 14.2. The van der Waals surface area contributed by atoms with Crippen LogP contribution in [0.3, 0.4) is 0 Å². The number of rotatable bonds is 4. The van der Waals surface area contributed by atoms with Crippen molar-refractivity contribution < 1.29 is 13.5 Å². The molecule has 0 amide bonds. The number of anilines is 2. The van der Waals surface area contributed by atoms with E-state index in [1.807, 2.05) is 19.2 Å². The Morgan fingerprint density at radius 1 is 1.14 bits per heavy atom. The molecule has 3 aliphatic heterocycles. The SMILES string of the molecule is Cc1nnc(N[C@H](C)c2ccc(F)cc2F)c2cc(N3CC4CC(C3)O4)ncc12. The van der Waals surface area contributed by atoms with E-state index in [0.717, 1.165) is 47.9 Å². The van der Waals surface area contributed by atoms with E-state index in [2.05, 4.69) is 25.4 Å². The lowest BCUT2D eigenvalue weighted by Crippen LogP contribution is -2.57. The molecule has 6 rings (SSSR count). The van der Waals surface area contributed by atoms with Crippen LogP contribution in [0.1, 0.15) is 30.6 Å². The van der Waals surface area contributed by atoms with Crippen LogP contribution in [0.4, 0.5) is 20.4 Å². The molecule has 2 bridgehead atoms. The van der Waals surface area contributed by atoms with Gasteiger partial charge in [-0.05, 0) is 26.0 Å². The number of halogens is 2. The topological polar surface area (TPSA) is 63.2 Å². The molecule has 3 saturated heterocycles. The van der Waals surface area contributed by atoms with Crippen molar-refractivity contribution in [1.82, 2.24) is 15.2 Å². The van der Waals surface area contributed by atoms with Crippen LogP contribution in [0, 0.1) is 18.6 Å². The highest BCUT2D eigenvalue weighted by atomic mass is 19.1. The number of hydrogen-bond donors (Lipinski definition) is 1. The summed E-state index contributed by atoms with van der Waals surface area (Å²) in [5.74, 6) is 0.220. The summed E-state index contributed by atoms with van der Waals surface area (Å²) in [5.41, 5.74) is 1.14. The largest absolute Gasteiger partial charge is 0.371 e. The van der Waals surface area contributed by atoms with Crippen LogP contribution in [0.5, 0.6) is 0 Å². The first-order valence-electron chi connectivity index (χ1n) is 9.73. The molecule has 1 N–H and O–H groups in total. The number of aryl methyl sites for hydroxylation is 1. The van der Waals surface area contributed by atoms with Gasteiger partial charge in [0.1, 0.15) is 17.5 Å². The van der Waals surface area contributed by atoms with E-state index in [1.54, 1.807) is 6.92 Å². The Morgan fingerprint density at radius 3 is 2.62 bits per heavy atom. The van der Waals surface area contributed by atoms with Crippen LogP contribution < -0.4 is 10.2 Å². The predicted octanol–water partition coefficient (Wildman–Crippen LogP) is 3.76. The van der Waals surface area contributed by atoms with E-state index in [1.165, 1.54) is 12.1 Å². The Hall–Kier alpha value is -2.87. The Balaban J connectivity index is 1.49. The van der Waals surface area contributed by atoms with E-state index in [9.17, 15) is 8.78 Å². The average molecular weight is 397 g/mol. The van der Waals surface area contributed by atoms with Crippen LogP contribution in [-0.2, 0) is 4.74 Å². The number of nitrogens with one attached hydrogen (secondary N) is 1. The van der Waals surface area contributed by atoms with E-state index >= 15 is 0 Å². The molecule has 150 valence electrons. The fourth-order valence-corrected chi connectivity index (χ4v) is 4.12. The van der Waals surface area contributed by atoms with Gasteiger partial charge >= 0.3 is 0 Å². The Morgan fingerprint density at radius 2 is 1.90 bits per heavy atom. The van der Waals surface area contributed by atoms with Gasteiger partial charge in [-0.25, -0.2) is 13.8 Å². The third kappa shape index (κ3) is 3.27. The average Bonchev–Trinajstić information content (AvgIpc) is 2.69. The summed E-state index contributed by atoms with van der Waals surface area (Å²) in [6, 6.07) is 5.17. The first kappa shape index (κ1) is 18.2. The number of hydrogen-bond acceptors (Lipinski definition) is 6. The second kappa shape index (κ2) is 6.88. The van der Waals surface area contributed by atoms with Crippen molar-refractivity contribution in [3.63, 3.8) is 0 Å². The zero-order chi connectivity index (χ0) is 20.1. The van der Waals surface area contributed by atoms with Gasteiger partial charge in [-0.1, -0.05) is 6.07 Å². The molecule has 0 aliphatic carbocycles. The second-order valence-corrected chi connectivity index (χ2v) is 7.77. The lowest BCUT2D eigenvalue weighted by atomic mass is 9.98. The normalized spacial score (nSPS) is 21.7. The highest BCUT2D eigenvalue weighted by Gasteiger charge is 2.38. The first-order valence-corrected chi connectivity index (χ1v) is 9.73. The molecule has 3 aliphatic rings. The third-order valence-electron chi connectivity index (χ3n) is 5.70. The van der Waals surface area contributed by atoms with Crippen molar-refractivity contribution in [3.05, 3.63) is 53.4 Å². The second-order valence-electron chi connectivity index (χ2n) is 7.77. The van der Waals surface area contributed by atoms with Crippen LogP contribution in [0.25, 0.3) is 10.8 Å². The standard InChI is InChI=1S/C21H21F2N5O/c1-11(16-4-3-13(22)5-19(16)23)25-21-17-7-20(24-8-18(17)12(2)26-27-21)28-9-14-6-15(10-28)29-14/h3-5,7-8,11,14-15H,6,9-10H2,1-2H3,(H,25,27)/t11-,14?,15?/m1/s1. The van der Waals surface area contributed by atoms with Crippen molar-refractivity contribution in [2.75, 3.05) is 23.3 Å². The number of aromatic nitrogens is 3. The van der Waals surface area contributed by atoms with Crippen molar-refractivity contribution in [2.24, 2.45) is 0 Å². The number of nitrogens with zero attached hydrogens (tertiary/aromatic N) is 4. The minimum atomic E-state index is -0.599. The zero-order valence-electron chi connectivity index (χ0n) is 16.2. The Kier molecular flexibility index (Phi) is 4.31. The van der Waals surface area contributed by atoms with Crippen LogP contribution >= 0.6 is 0 Å². The van der Waals surface area contributed by atoms with E-state index in [4.69, 9.17) is 4.74 Å². The van der Waals surface area contributed by atoms with Gasteiger partial charge in [-0.15, -0.1) is 5.10 Å². The van der Waals surface area contributed by atoms with Crippen molar-refractivity contribution in [1.29, 1.82) is 0 Å². The van der Waals surface area contributed by atoms with Crippen LogP contribution in [-0.4, -0.2) is 40.5 Å². The molecule has 3 atom stereocenters. The van der Waals surface area contributed by atoms with Gasteiger partial charge in [0.15, 0.2) is 5.82 Å². The number of morpholine rings is 1. The molecule has 0 saturated carbocycles. The quantitative estimate of drug-likeness (QED) is 0.723. The van der Waals surface area contributed by atoms with Crippen molar-refractivity contribution in [3.8, 4) is 0 Å². The number of fused-ring (bicyclic) bond motifs is 3. The maximum Gasteiger partial charge on any atom is 0.157 e. The molecule has 0 radical (unpaired) electrons. The first-order chi connectivity index (χ1) is 14.0.